The fraction of sp³-hybridized carbons (Fsp3) is 0.167. The summed E-state index contributed by atoms with van der Waals surface area (Å²) in [7, 11) is 0. The zero-order valence-corrected chi connectivity index (χ0v) is 21.2. The predicted molar refractivity (Wildman–Crippen MR) is 134 cm³/mol. The first-order valence-electron chi connectivity index (χ1n) is 10.4. The molecule has 34 heavy (non-hydrogen) atoms. The van der Waals surface area contributed by atoms with Gasteiger partial charge in [-0.15, -0.1) is 10.2 Å². The highest BCUT2D eigenvalue weighted by Gasteiger charge is 2.15. The number of halogens is 2. The topological polar surface area (TPSA) is 104 Å². The number of rotatable bonds is 8. The molecule has 2 aromatic heterocycles. The summed E-state index contributed by atoms with van der Waals surface area (Å²) in [5.41, 5.74) is 1.18. The lowest BCUT2D eigenvalue weighted by Gasteiger charge is -2.08. The molecule has 1 N–H and O–H groups in total. The van der Waals surface area contributed by atoms with Crippen LogP contribution in [0.5, 0.6) is 11.6 Å². The molecule has 2 aromatic carbocycles. The first kappa shape index (κ1) is 23.9. The Hall–Kier alpha value is -3.24. The van der Waals surface area contributed by atoms with E-state index < -0.39 is 11.5 Å². The Kier molecular flexibility index (Phi) is 7.59. The van der Waals surface area contributed by atoms with Crippen LogP contribution in [0.4, 0.5) is 0 Å². The molecule has 0 aliphatic heterocycles. The summed E-state index contributed by atoms with van der Waals surface area (Å²) in [6.45, 7) is 2.86. The minimum atomic E-state index is -0.718. The van der Waals surface area contributed by atoms with Crippen LogP contribution in [0.25, 0.3) is 22.2 Å². The number of amides is 1. The van der Waals surface area contributed by atoms with Crippen LogP contribution >= 0.6 is 31.9 Å². The van der Waals surface area contributed by atoms with E-state index >= 15 is 0 Å². The van der Waals surface area contributed by atoms with Crippen LogP contribution in [-0.4, -0.2) is 35.9 Å². The monoisotopic (exact) mass is 587 g/mol. The molecular weight excluding hydrogens is 570 g/mol. The van der Waals surface area contributed by atoms with Crippen molar-refractivity contribution in [2.75, 3.05) is 19.8 Å². The normalized spacial score (nSPS) is 10.8. The third-order valence-electron chi connectivity index (χ3n) is 4.73. The van der Waals surface area contributed by atoms with Crippen molar-refractivity contribution in [1.82, 2.24) is 15.5 Å². The molecule has 0 saturated heterocycles. The second-order valence-corrected chi connectivity index (χ2v) is 8.84. The molecule has 0 radical (unpaired) electrons. The third kappa shape index (κ3) is 5.63. The molecule has 0 aliphatic carbocycles. The number of aromatic nitrogens is 2. The highest BCUT2D eigenvalue weighted by atomic mass is 79.9. The summed E-state index contributed by atoms with van der Waals surface area (Å²) in [6, 6.07) is 16.1. The lowest BCUT2D eigenvalue weighted by molar-refractivity contribution is 0.0943. The van der Waals surface area contributed by atoms with Gasteiger partial charge in [-0.1, -0.05) is 15.9 Å². The van der Waals surface area contributed by atoms with Crippen LogP contribution in [0.2, 0.25) is 0 Å². The number of hydrogen-bond donors (Lipinski definition) is 1. The van der Waals surface area contributed by atoms with Gasteiger partial charge in [0.25, 0.3) is 5.91 Å². The van der Waals surface area contributed by atoms with Crippen molar-refractivity contribution in [1.29, 1.82) is 0 Å². The molecule has 0 bridgehead atoms. The minimum Gasteiger partial charge on any atom is -0.494 e. The van der Waals surface area contributed by atoms with Gasteiger partial charge < -0.3 is 19.2 Å². The summed E-state index contributed by atoms with van der Waals surface area (Å²) < 4.78 is 17.7. The Labute approximate surface area is 211 Å². The van der Waals surface area contributed by atoms with Crippen molar-refractivity contribution in [3.8, 4) is 22.9 Å². The number of fused-ring (bicyclic) bond motifs is 1. The largest absolute Gasteiger partial charge is 0.494 e. The molecule has 2 heterocycles. The van der Waals surface area contributed by atoms with Gasteiger partial charge in [0.15, 0.2) is 5.58 Å². The highest BCUT2D eigenvalue weighted by molar-refractivity contribution is 9.11. The number of ether oxygens (including phenoxy) is 2. The maximum Gasteiger partial charge on any atom is 0.349 e. The van der Waals surface area contributed by atoms with Gasteiger partial charge in [0.2, 0.25) is 5.88 Å². The fourth-order valence-electron chi connectivity index (χ4n) is 3.17. The fourth-order valence-corrected chi connectivity index (χ4v) is 4.51. The highest BCUT2D eigenvalue weighted by Crippen LogP contribution is 2.28. The van der Waals surface area contributed by atoms with Gasteiger partial charge in [0, 0.05) is 21.5 Å². The molecule has 0 saturated carbocycles. The van der Waals surface area contributed by atoms with Gasteiger partial charge in [0.05, 0.1) is 23.3 Å². The van der Waals surface area contributed by atoms with E-state index in [4.69, 9.17) is 13.9 Å². The molecular formula is C24H19Br2N3O5. The molecule has 0 aliphatic rings. The third-order valence-corrected chi connectivity index (χ3v) is 5.78. The van der Waals surface area contributed by atoms with Crippen molar-refractivity contribution in [2.45, 2.75) is 6.92 Å². The first-order chi connectivity index (χ1) is 16.4. The van der Waals surface area contributed by atoms with Gasteiger partial charge in [-0.3, -0.25) is 4.79 Å². The Morgan fingerprint density at radius 3 is 2.53 bits per heavy atom. The van der Waals surface area contributed by atoms with Crippen LogP contribution in [0.1, 0.15) is 17.3 Å². The Balaban J connectivity index is 1.32. The summed E-state index contributed by atoms with van der Waals surface area (Å²) in [5.74, 6) is 0.569. The number of carbonyl (C=O) groups excluding carboxylic acids is 1. The van der Waals surface area contributed by atoms with Crippen molar-refractivity contribution in [2.24, 2.45) is 0 Å². The summed E-state index contributed by atoms with van der Waals surface area (Å²) in [5, 5.41) is 11.5. The molecule has 174 valence electrons. The van der Waals surface area contributed by atoms with Crippen LogP contribution < -0.4 is 20.4 Å². The molecule has 4 aromatic rings. The predicted octanol–water partition coefficient (Wildman–Crippen LogP) is 4.98. The summed E-state index contributed by atoms with van der Waals surface area (Å²) in [6.07, 6.45) is 0. The molecule has 0 unspecified atom stereocenters. The quantitative estimate of drug-likeness (QED) is 0.229. The van der Waals surface area contributed by atoms with Crippen molar-refractivity contribution < 1.29 is 18.7 Å². The smallest absolute Gasteiger partial charge is 0.349 e. The Morgan fingerprint density at radius 1 is 1.03 bits per heavy atom. The first-order valence-corrected chi connectivity index (χ1v) is 11.9. The van der Waals surface area contributed by atoms with Gasteiger partial charge in [-0.25, -0.2) is 4.79 Å². The molecule has 0 fully saturated rings. The van der Waals surface area contributed by atoms with E-state index in [0.717, 1.165) is 15.8 Å². The van der Waals surface area contributed by atoms with Crippen LogP contribution in [0.3, 0.4) is 0 Å². The lowest BCUT2D eigenvalue weighted by Crippen LogP contribution is -2.31. The van der Waals surface area contributed by atoms with E-state index in [9.17, 15) is 9.59 Å². The van der Waals surface area contributed by atoms with Crippen LogP contribution in [0, 0.1) is 0 Å². The molecule has 0 atom stereocenters. The van der Waals surface area contributed by atoms with E-state index in [-0.39, 0.29) is 18.7 Å². The molecule has 10 heteroatoms. The summed E-state index contributed by atoms with van der Waals surface area (Å²) >= 11 is 6.73. The van der Waals surface area contributed by atoms with E-state index in [1.165, 1.54) is 6.07 Å². The van der Waals surface area contributed by atoms with Crippen LogP contribution in [-0.2, 0) is 0 Å². The van der Waals surface area contributed by atoms with E-state index in [1.54, 1.807) is 24.3 Å². The van der Waals surface area contributed by atoms with Crippen molar-refractivity contribution in [3.05, 3.63) is 79.5 Å². The lowest BCUT2D eigenvalue weighted by atomic mass is 10.1. The Bertz CT molecular complexity index is 1370. The molecule has 1 amide bonds. The van der Waals surface area contributed by atoms with Gasteiger partial charge in [0.1, 0.15) is 17.9 Å². The van der Waals surface area contributed by atoms with Crippen molar-refractivity contribution >= 4 is 48.7 Å². The maximum atomic E-state index is 12.5. The number of nitrogens with zero attached hydrogens (tertiary/aromatic N) is 2. The minimum absolute atomic E-state index is 0.0861. The average molecular weight is 589 g/mol. The molecule has 4 rings (SSSR count). The standard InChI is InChI=1S/C24H19Br2N3O5/c1-2-32-17-5-3-14(4-6-17)20-7-8-21(29-28-20)33-10-9-27-23(30)18-12-15-11-16(25)13-19(26)22(15)34-24(18)31/h3-8,11-13H,2,9-10H2,1H3,(H,27,30). The van der Waals surface area contributed by atoms with E-state index in [1.807, 2.05) is 31.2 Å². The second kappa shape index (κ2) is 10.8. The SMILES string of the molecule is CCOc1ccc(-c2ccc(OCCNC(=O)c3cc4cc(Br)cc(Br)c4oc3=O)nn2)cc1. The zero-order valence-electron chi connectivity index (χ0n) is 18.0. The maximum absolute atomic E-state index is 12.5. The second-order valence-electron chi connectivity index (χ2n) is 7.07. The Morgan fingerprint density at radius 2 is 1.82 bits per heavy atom. The molecule has 8 nitrogen and oxygen atoms in total. The average Bonchev–Trinajstić information content (AvgIpc) is 2.83. The number of carbonyl (C=O) groups is 1. The molecule has 0 spiro atoms. The zero-order chi connectivity index (χ0) is 24.1. The number of hydrogen-bond acceptors (Lipinski definition) is 7. The van der Waals surface area contributed by atoms with Gasteiger partial charge in [-0.2, -0.15) is 0 Å². The van der Waals surface area contributed by atoms with Gasteiger partial charge >= 0.3 is 5.63 Å². The van der Waals surface area contributed by atoms with Crippen LogP contribution in [0.15, 0.2) is 72.8 Å². The van der Waals surface area contributed by atoms with Crippen molar-refractivity contribution in [3.63, 3.8) is 0 Å². The van der Waals surface area contributed by atoms with E-state index in [0.29, 0.717) is 33.6 Å². The number of nitrogens with one attached hydrogen (secondary N) is 1. The summed E-state index contributed by atoms with van der Waals surface area (Å²) in [4.78, 5) is 24.7. The van der Waals surface area contributed by atoms with Gasteiger partial charge in [-0.05, 0) is 71.4 Å². The van der Waals surface area contributed by atoms with E-state index in [2.05, 4.69) is 47.4 Å². The number of benzene rings is 2.